The second-order valence-electron chi connectivity index (χ2n) is 7.42. The first-order chi connectivity index (χ1) is 10.7. The van der Waals surface area contributed by atoms with Crippen LogP contribution in [0, 0.1) is 5.92 Å². The molecule has 1 aromatic rings. The molecule has 0 bridgehead atoms. The van der Waals surface area contributed by atoms with E-state index >= 15 is 0 Å². The molecule has 0 aliphatic rings. The normalized spacial score (nSPS) is 14.4. The number of hydrogen-bond donors (Lipinski definition) is 2. The molecule has 4 heteroatoms. The number of ether oxygens (including phenoxy) is 1. The van der Waals surface area contributed by atoms with Gasteiger partial charge in [0.05, 0.1) is 0 Å². The molecule has 0 aromatic heterocycles. The molecule has 0 aliphatic heterocycles. The lowest BCUT2D eigenvalue weighted by Gasteiger charge is -2.25. The minimum Gasteiger partial charge on any atom is -0.444 e. The first-order valence-corrected chi connectivity index (χ1v) is 8.47. The quantitative estimate of drug-likeness (QED) is 0.788. The molecule has 2 unspecified atom stereocenters. The second kappa shape index (κ2) is 8.92. The van der Waals surface area contributed by atoms with E-state index in [1.165, 1.54) is 5.56 Å². The largest absolute Gasteiger partial charge is 0.444 e. The number of carbonyl (C=O) groups is 1. The first-order valence-electron chi connectivity index (χ1n) is 8.47. The summed E-state index contributed by atoms with van der Waals surface area (Å²) < 4.78 is 5.27. The third-order valence-corrected chi connectivity index (χ3v) is 3.53. The monoisotopic (exact) mass is 320 g/mol. The fourth-order valence-electron chi connectivity index (χ4n) is 2.44. The smallest absolute Gasteiger partial charge is 0.407 e. The van der Waals surface area contributed by atoms with Crippen LogP contribution in [0.5, 0.6) is 0 Å². The molecule has 0 aliphatic carbocycles. The molecule has 2 atom stereocenters. The van der Waals surface area contributed by atoms with Crippen LogP contribution < -0.4 is 10.6 Å². The van der Waals surface area contributed by atoms with Crippen molar-refractivity contribution in [2.45, 2.75) is 65.6 Å². The van der Waals surface area contributed by atoms with E-state index in [0.717, 1.165) is 13.0 Å². The highest BCUT2D eigenvalue weighted by atomic mass is 16.6. The van der Waals surface area contributed by atoms with Gasteiger partial charge in [-0.05, 0) is 52.1 Å². The van der Waals surface area contributed by atoms with Crippen LogP contribution in [-0.4, -0.2) is 24.3 Å². The second-order valence-corrected chi connectivity index (χ2v) is 7.42. The third-order valence-electron chi connectivity index (χ3n) is 3.53. The van der Waals surface area contributed by atoms with Crippen molar-refractivity contribution in [1.29, 1.82) is 0 Å². The van der Waals surface area contributed by atoms with Gasteiger partial charge in [0.15, 0.2) is 0 Å². The van der Waals surface area contributed by atoms with Crippen molar-refractivity contribution in [3.8, 4) is 0 Å². The van der Waals surface area contributed by atoms with Gasteiger partial charge in [-0.15, -0.1) is 0 Å². The topological polar surface area (TPSA) is 50.4 Å². The van der Waals surface area contributed by atoms with E-state index in [2.05, 4.69) is 48.7 Å². The fraction of sp³-hybridized carbons (Fsp3) is 0.632. The predicted molar refractivity (Wildman–Crippen MR) is 95.5 cm³/mol. The van der Waals surface area contributed by atoms with Gasteiger partial charge in [0.1, 0.15) is 5.60 Å². The van der Waals surface area contributed by atoms with Gasteiger partial charge in [-0.25, -0.2) is 4.79 Å². The summed E-state index contributed by atoms with van der Waals surface area (Å²) in [5.74, 6) is 0.506. The molecule has 0 saturated heterocycles. The van der Waals surface area contributed by atoms with Gasteiger partial charge >= 0.3 is 6.09 Å². The number of hydrogen-bond acceptors (Lipinski definition) is 3. The Labute approximate surface area is 141 Å². The molecule has 4 nitrogen and oxygen atoms in total. The molecular weight excluding hydrogens is 288 g/mol. The van der Waals surface area contributed by atoms with Gasteiger partial charge < -0.3 is 15.4 Å². The first kappa shape index (κ1) is 19.5. The van der Waals surface area contributed by atoms with Crippen LogP contribution in [0.1, 0.15) is 59.6 Å². The van der Waals surface area contributed by atoms with Crippen molar-refractivity contribution in [2.24, 2.45) is 5.92 Å². The standard InChI is InChI=1S/C19H32N2O2/c1-14(2)17(16-10-8-7-9-11-16)20-13-12-15(3)21-18(22)23-19(4,5)6/h7-11,14-15,17,20H,12-13H2,1-6H3,(H,21,22). The molecule has 0 radical (unpaired) electrons. The van der Waals surface area contributed by atoms with Gasteiger partial charge in [-0.3, -0.25) is 0 Å². The predicted octanol–water partition coefficient (Wildman–Crippen LogP) is 4.28. The van der Waals surface area contributed by atoms with E-state index in [-0.39, 0.29) is 12.1 Å². The maximum absolute atomic E-state index is 11.7. The van der Waals surface area contributed by atoms with Gasteiger partial charge in [0.2, 0.25) is 0 Å². The Morgan fingerprint density at radius 2 is 1.74 bits per heavy atom. The molecule has 23 heavy (non-hydrogen) atoms. The number of nitrogens with one attached hydrogen (secondary N) is 2. The zero-order valence-corrected chi connectivity index (χ0v) is 15.3. The maximum Gasteiger partial charge on any atom is 0.407 e. The van der Waals surface area contributed by atoms with E-state index in [4.69, 9.17) is 4.74 Å². The van der Waals surface area contributed by atoms with Crippen LogP contribution in [0.2, 0.25) is 0 Å². The molecule has 130 valence electrons. The Bertz CT molecular complexity index is 466. The number of alkyl carbamates (subject to hydrolysis) is 1. The van der Waals surface area contributed by atoms with Gasteiger partial charge in [0, 0.05) is 12.1 Å². The molecule has 0 fully saturated rings. The van der Waals surface area contributed by atoms with Crippen LogP contribution in [0.3, 0.4) is 0 Å². The lowest BCUT2D eigenvalue weighted by molar-refractivity contribution is 0.0506. The Morgan fingerprint density at radius 3 is 2.26 bits per heavy atom. The van der Waals surface area contributed by atoms with Crippen molar-refractivity contribution >= 4 is 6.09 Å². The molecular formula is C19H32N2O2. The third kappa shape index (κ3) is 8.03. The summed E-state index contributed by atoms with van der Waals surface area (Å²) in [5.41, 5.74) is 0.841. The zero-order chi connectivity index (χ0) is 17.5. The van der Waals surface area contributed by atoms with Crippen LogP contribution in [0.25, 0.3) is 0 Å². The Balaban J connectivity index is 2.40. The maximum atomic E-state index is 11.7. The van der Waals surface area contributed by atoms with E-state index in [1.807, 2.05) is 33.8 Å². The lowest BCUT2D eigenvalue weighted by Crippen LogP contribution is -2.39. The summed E-state index contributed by atoms with van der Waals surface area (Å²) in [5, 5.41) is 6.47. The average Bonchev–Trinajstić information content (AvgIpc) is 2.41. The Kier molecular flexibility index (Phi) is 7.56. The Hall–Kier alpha value is -1.55. The van der Waals surface area contributed by atoms with Crippen molar-refractivity contribution in [3.63, 3.8) is 0 Å². The van der Waals surface area contributed by atoms with Crippen LogP contribution in [-0.2, 0) is 4.74 Å². The van der Waals surface area contributed by atoms with E-state index < -0.39 is 5.60 Å². The van der Waals surface area contributed by atoms with E-state index in [9.17, 15) is 4.79 Å². The summed E-state index contributed by atoms with van der Waals surface area (Å²) in [6, 6.07) is 10.9. The van der Waals surface area contributed by atoms with Crippen molar-refractivity contribution in [2.75, 3.05) is 6.54 Å². The summed E-state index contributed by atoms with van der Waals surface area (Å²) in [7, 11) is 0. The summed E-state index contributed by atoms with van der Waals surface area (Å²) in [6.45, 7) is 12.9. The van der Waals surface area contributed by atoms with Crippen molar-refractivity contribution < 1.29 is 9.53 Å². The molecule has 1 amide bonds. The highest BCUT2D eigenvalue weighted by Crippen LogP contribution is 2.21. The number of carbonyl (C=O) groups excluding carboxylic acids is 1. The fourth-order valence-corrected chi connectivity index (χ4v) is 2.44. The summed E-state index contributed by atoms with van der Waals surface area (Å²) in [6.07, 6.45) is 0.503. The molecule has 1 aromatic carbocycles. The highest BCUT2D eigenvalue weighted by Gasteiger charge is 2.18. The van der Waals surface area contributed by atoms with Crippen LogP contribution in [0.15, 0.2) is 30.3 Å². The van der Waals surface area contributed by atoms with Gasteiger partial charge in [-0.2, -0.15) is 0 Å². The minimum atomic E-state index is -0.460. The highest BCUT2D eigenvalue weighted by molar-refractivity contribution is 5.67. The molecule has 1 rings (SSSR count). The van der Waals surface area contributed by atoms with Crippen molar-refractivity contribution in [3.05, 3.63) is 35.9 Å². The number of benzene rings is 1. The summed E-state index contributed by atoms with van der Waals surface area (Å²) in [4.78, 5) is 11.7. The average molecular weight is 320 g/mol. The number of amides is 1. The van der Waals surface area contributed by atoms with E-state index in [0.29, 0.717) is 12.0 Å². The van der Waals surface area contributed by atoms with Crippen molar-refractivity contribution in [1.82, 2.24) is 10.6 Å². The molecule has 0 spiro atoms. The SMILES string of the molecule is CC(CCNC(c1ccccc1)C(C)C)NC(=O)OC(C)(C)C. The van der Waals surface area contributed by atoms with E-state index in [1.54, 1.807) is 0 Å². The minimum absolute atomic E-state index is 0.0703. The van der Waals surface area contributed by atoms with Crippen LogP contribution >= 0.6 is 0 Å². The summed E-state index contributed by atoms with van der Waals surface area (Å²) >= 11 is 0. The van der Waals surface area contributed by atoms with Gasteiger partial charge in [-0.1, -0.05) is 44.2 Å². The lowest BCUT2D eigenvalue weighted by atomic mass is 9.96. The van der Waals surface area contributed by atoms with Crippen LogP contribution in [0.4, 0.5) is 4.79 Å². The van der Waals surface area contributed by atoms with Gasteiger partial charge in [0.25, 0.3) is 0 Å². The molecule has 0 heterocycles. The zero-order valence-electron chi connectivity index (χ0n) is 15.3. The molecule has 2 N–H and O–H groups in total. The Morgan fingerprint density at radius 1 is 1.13 bits per heavy atom. The molecule has 0 saturated carbocycles. The number of rotatable bonds is 7.